The molecule has 2 fully saturated rings. The molecule has 2 aliphatic rings. The van der Waals surface area contributed by atoms with Crippen molar-refractivity contribution in [3.63, 3.8) is 0 Å². The zero-order valence-electron chi connectivity index (χ0n) is 12.4. The molecule has 1 aromatic rings. The number of nitrogens with zero attached hydrogens (tertiary/aromatic N) is 1. The minimum Gasteiger partial charge on any atom is -0.340 e. The molecule has 3 rings (SSSR count). The Morgan fingerprint density at radius 2 is 2.10 bits per heavy atom. The minimum absolute atomic E-state index is 0.00786. The highest BCUT2D eigenvalue weighted by molar-refractivity contribution is 7.10. The van der Waals surface area contributed by atoms with Crippen molar-refractivity contribution in [1.29, 1.82) is 0 Å². The van der Waals surface area contributed by atoms with E-state index in [4.69, 9.17) is 0 Å². The molecular weight excluding hydrogens is 284 g/mol. The van der Waals surface area contributed by atoms with Gasteiger partial charge in [0, 0.05) is 4.88 Å². The van der Waals surface area contributed by atoms with E-state index in [1.54, 1.807) is 11.3 Å². The first kappa shape index (κ1) is 14.6. The fourth-order valence-corrected chi connectivity index (χ4v) is 4.59. The summed E-state index contributed by atoms with van der Waals surface area (Å²) < 4.78 is 0. The summed E-state index contributed by atoms with van der Waals surface area (Å²) in [5.74, 6) is 0.119. The molecule has 5 heteroatoms. The van der Waals surface area contributed by atoms with Crippen LogP contribution in [-0.2, 0) is 9.59 Å². The Hall–Kier alpha value is -1.36. The number of thiophene rings is 1. The molecule has 2 amide bonds. The van der Waals surface area contributed by atoms with Gasteiger partial charge in [0.15, 0.2) is 0 Å². The van der Waals surface area contributed by atoms with Crippen LogP contribution in [-0.4, -0.2) is 28.8 Å². The highest BCUT2D eigenvalue weighted by atomic mass is 32.1. The van der Waals surface area contributed by atoms with Gasteiger partial charge in [-0.05, 0) is 30.7 Å². The van der Waals surface area contributed by atoms with Gasteiger partial charge in [-0.25, -0.2) is 0 Å². The normalized spacial score (nSPS) is 23.2. The highest BCUT2D eigenvalue weighted by Crippen LogP contribution is 2.36. The Morgan fingerprint density at radius 3 is 2.71 bits per heavy atom. The molecule has 0 bridgehead atoms. The van der Waals surface area contributed by atoms with E-state index in [9.17, 15) is 9.59 Å². The Kier molecular flexibility index (Phi) is 4.02. The van der Waals surface area contributed by atoms with Gasteiger partial charge >= 0.3 is 0 Å². The summed E-state index contributed by atoms with van der Waals surface area (Å²) in [6, 6.07) is 4.10. The van der Waals surface area contributed by atoms with Gasteiger partial charge < -0.3 is 10.2 Å². The van der Waals surface area contributed by atoms with E-state index >= 15 is 0 Å². The standard InChI is InChI=1S/C16H22N2O2S/c1-2-12(13-7-6-10-21-13)18-11-14(19)17-16(15(18)20)8-4-3-5-9-16/h6-7,10,12H,2-5,8-9,11H2,1H3,(H,17,19). The molecule has 1 aliphatic heterocycles. The first-order chi connectivity index (χ1) is 10.2. The Morgan fingerprint density at radius 1 is 1.33 bits per heavy atom. The maximum atomic E-state index is 13.1. The average Bonchev–Trinajstić information content (AvgIpc) is 3.00. The molecule has 0 aromatic carbocycles. The number of rotatable bonds is 3. The van der Waals surface area contributed by atoms with Gasteiger partial charge in [0.25, 0.3) is 0 Å². The van der Waals surface area contributed by atoms with Crippen LogP contribution in [0, 0.1) is 0 Å². The Labute approximate surface area is 129 Å². The van der Waals surface area contributed by atoms with Crippen molar-refractivity contribution < 1.29 is 9.59 Å². The lowest BCUT2D eigenvalue weighted by molar-refractivity contribution is -0.154. The van der Waals surface area contributed by atoms with Crippen LogP contribution in [0.2, 0.25) is 0 Å². The lowest BCUT2D eigenvalue weighted by Gasteiger charge is -2.46. The molecule has 1 spiro atoms. The Bertz CT molecular complexity index is 520. The monoisotopic (exact) mass is 306 g/mol. The van der Waals surface area contributed by atoms with Crippen LogP contribution in [0.5, 0.6) is 0 Å². The third-order valence-electron chi connectivity index (χ3n) is 4.70. The predicted molar refractivity (Wildman–Crippen MR) is 83.0 cm³/mol. The van der Waals surface area contributed by atoms with E-state index in [0.29, 0.717) is 0 Å². The summed E-state index contributed by atoms with van der Waals surface area (Å²) in [5.41, 5.74) is -0.627. The van der Waals surface area contributed by atoms with Gasteiger partial charge in [0.1, 0.15) is 12.1 Å². The quantitative estimate of drug-likeness (QED) is 0.933. The van der Waals surface area contributed by atoms with Gasteiger partial charge in [-0.1, -0.05) is 32.3 Å². The van der Waals surface area contributed by atoms with Gasteiger partial charge in [-0.3, -0.25) is 9.59 Å². The molecule has 1 saturated heterocycles. The minimum atomic E-state index is -0.627. The first-order valence-electron chi connectivity index (χ1n) is 7.82. The molecule has 1 aliphatic carbocycles. The molecule has 1 aromatic heterocycles. The van der Waals surface area contributed by atoms with Crippen molar-refractivity contribution in [2.24, 2.45) is 0 Å². The number of carbonyl (C=O) groups is 2. The maximum Gasteiger partial charge on any atom is 0.249 e. The van der Waals surface area contributed by atoms with Crippen LogP contribution in [0.3, 0.4) is 0 Å². The largest absolute Gasteiger partial charge is 0.340 e. The summed E-state index contributed by atoms with van der Waals surface area (Å²) in [7, 11) is 0. The molecule has 2 heterocycles. The molecule has 0 radical (unpaired) electrons. The van der Waals surface area contributed by atoms with Crippen LogP contribution < -0.4 is 5.32 Å². The van der Waals surface area contributed by atoms with E-state index < -0.39 is 5.54 Å². The SMILES string of the molecule is CCC(c1cccs1)N1CC(=O)NC2(CCCCC2)C1=O. The van der Waals surface area contributed by atoms with Crippen LogP contribution in [0.25, 0.3) is 0 Å². The van der Waals surface area contributed by atoms with Crippen molar-refractivity contribution >= 4 is 23.2 Å². The van der Waals surface area contributed by atoms with Crippen molar-refractivity contribution in [2.45, 2.75) is 57.0 Å². The van der Waals surface area contributed by atoms with Gasteiger partial charge in [0.05, 0.1) is 6.04 Å². The van der Waals surface area contributed by atoms with Gasteiger partial charge in [0.2, 0.25) is 11.8 Å². The van der Waals surface area contributed by atoms with Crippen LogP contribution >= 0.6 is 11.3 Å². The highest BCUT2D eigenvalue weighted by Gasteiger charge is 2.48. The second kappa shape index (κ2) is 5.79. The first-order valence-corrected chi connectivity index (χ1v) is 8.70. The molecule has 1 saturated carbocycles. The second-order valence-electron chi connectivity index (χ2n) is 6.06. The van der Waals surface area contributed by atoms with Crippen LogP contribution in [0.4, 0.5) is 0 Å². The van der Waals surface area contributed by atoms with Gasteiger partial charge in [-0.15, -0.1) is 11.3 Å². The molecule has 21 heavy (non-hydrogen) atoms. The number of carbonyl (C=O) groups excluding carboxylic acids is 2. The summed E-state index contributed by atoms with van der Waals surface area (Å²) >= 11 is 1.66. The molecular formula is C16H22N2O2S. The van der Waals surface area contributed by atoms with Crippen molar-refractivity contribution in [1.82, 2.24) is 10.2 Å². The van der Waals surface area contributed by atoms with E-state index in [2.05, 4.69) is 18.3 Å². The van der Waals surface area contributed by atoms with Gasteiger partial charge in [-0.2, -0.15) is 0 Å². The molecule has 1 atom stereocenters. The van der Waals surface area contributed by atoms with Crippen LogP contribution in [0.15, 0.2) is 17.5 Å². The number of piperazine rings is 1. The summed E-state index contributed by atoms with van der Waals surface area (Å²) in [6.07, 6.45) is 5.62. The number of nitrogens with one attached hydrogen (secondary N) is 1. The molecule has 1 N–H and O–H groups in total. The smallest absolute Gasteiger partial charge is 0.249 e. The summed E-state index contributed by atoms with van der Waals surface area (Å²) in [5, 5.41) is 5.04. The van der Waals surface area contributed by atoms with Crippen molar-refractivity contribution in [2.75, 3.05) is 6.54 Å². The lowest BCUT2D eigenvalue weighted by Crippen LogP contribution is -2.67. The summed E-state index contributed by atoms with van der Waals surface area (Å²) in [6.45, 7) is 2.27. The number of hydrogen-bond donors (Lipinski definition) is 1. The maximum absolute atomic E-state index is 13.1. The fourth-order valence-electron chi connectivity index (χ4n) is 3.66. The zero-order chi connectivity index (χ0) is 14.9. The van der Waals surface area contributed by atoms with Crippen molar-refractivity contribution in [3.8, 4) is 0 Å². The number of amides is 2. The lowest BCUT2D eigenvalue weighted by atomic mass is 9.79. The fraction of sp³-hybridized carbons (Fsp3) is 0.625. The topological polar surface area (TPSA) is 49.4 Å². The van der Waals surface area contributed by atoms with E-state index in [0.717, 1.165) is 38.5 Å². The Balaban J connectivity index is 1.90. The third-order valence-corrected chi connectivity index (χ3v) is 5.68. The molecule has 114 valence electrons. The zero-order valence-corrected chi connectivity index (χ0v) is 13.2. The second-order valence-corrected chi connectivity index (χ2v) is 7.04. The average molecular weight is 306 g/mol. The third kappa shape index (κ3) is 2.59. The van der Waals surface area contributed by atoms with Crippen molar-refractivity contribution in [3.05, 3.63) is 22.4 Å². The van der Waals surface area contributed by atoms with E-state index in [1.165, 1.54) is 4.88 Å². The summed E-state index contributed by atoms with van der Waals surface area (Å²) in [4.78, 5) is 28.2. The predicted octanol–water partition coefficient (Wildman–Crippen LogP) is 2.86. The molecule has 1 unspecified atom stereocenters. The van der Waals surface area contributed by atoms with Crippen LogP contribution in [0.1, 0.15) is 56.4 Å². The number of hydrogen-bond acceptors (Lipinski definition) is 3. The molecule has 4 nitrogen and oxygen atoms in total. The van der Waals surface area contributed by atoms with E-state index in [1.807, 2.05) is 16.3 Å². The van der Waals surface area contributed by atoms with E-state index in [-0.39, 0.29) is 24.4 Å².